The predicted octanol–water partition coefficient (Wildman–Crippen LogP) is 0.433. The molecular weight excluding hydrogens is 210 g/mol. The van der Waals surface area contributed by atoms with Crippen molar-refractivity contribution in [3.05, 3.63) is 0 Å². The number of hydrogen-bond donors (Lipinski definition) is 0. The maximum atomic E-state index is 11.8. The number of hydrogen-bond acceptors (Lipinski definition) is 4. The first kappa shape index (κ1) is 13.0. The van der Waals surface area contributed by atoms with E-state index >= 15 is 0 Å². The van der Waals surface area contributed by atoms with Crippen LogP contribution in [-0.4, -0.2) is 50.2 Å². The highest BCUT2D eigenvalue weighted by Crippen LogP contribution is 2.14. The molecule has 0 spiro atoms. The molecule has 2 atom stereocenters. The molecule has 0 N–H and O–H groups in total. The molecule has 1 amide bonds. The van der Waals surface area contributed by atoms with E-state index in [-0.39, 0.29) is 23.9 Å². The third kappa shape index (κ3) is 3.20. The lowest BCUT2D eigenvalue weighted by atomic mass is 10.1. The molecule has 1 aliphatic rings. The Labute approximate surface area is 95.7 Å². The molecule has 0 saturated carbocycles. The van der Waals surface area contributed by atoms with Gasteiger partial charge in [-0.3, -0.25) is 9.59 Å². The van der Waals surface area contributed by atoms with Crippen molar-refractivity contribution in [2.75, 3.05) is 27.3 Å². The van der Waals surface area contributed by atoms with E-state index in [1.165, 1.54) is 12.0 Å². The van der Waals surface area contributed by atoms with Gasteiger partial charge < -0.3 is 14.4 Å². The summed E-state index contributed by atoms with van der Waals surface area (Å²) in [4.78, 5) is 24.6. The van der Waals surface area contributed by atoms with Gasteiger partial charge in [-0.05, 0) is 12.8 Å². The molecule has 0 aliphatic carbocycles. The Hall–Kier alpha value is -1.10. The lowest BCUT2D eigenvalue weighted by Gasteiger charge is -2.22. The Kier molecular flexibility index (Phi) is 4.73. The maximum absolute atomic E-state index is 11.8. The first-order valence-corrected chi connectivity index (χ1v) is 5.50. The second-order valence-corrected chi connectivity index (χ2v) is 4.14. The molecule has 1 saturated heterocycles. The predicted molar refractivity (Wildman–Crippen MR) is 57.8 cm³/mol. The number of methoxy groups -OCH3 is 1. The van der Waals surface area contributed by atoms with Crippen LogP contribution in [-0.2, 0) is 19.1 Å². The second kappa shape index (κ2) is 5.84. The van der Waals surface area contributed by atoms with Gasteiger partial charge in [0.05, 0.1) is 13.0 Å². The molecule has 0 bridgehead atoms. The molecule has 0 aromatic heterocycles. The van der Waals surface area contributed by atoms with Crippen LogP contribution < -0.4 is 0 Å². The van der Waals surface area contributed by atoms with Crippen LogP contribution in [0.15, 0.2) is 0 Å². The lowest BCUT2D eigenvalue weighted by Crippen LogP contribution is -2.40. The van der Waals surface area contributed by atoms with Gasteiger partial charge in [-0.1, -0.05) is 6.92 Å². The quantitative estimate of drug-likeness (QED) is 0.656. The first-order chi connectivity index (χ1) is 7.56. The Morgan fingerprint density at radius 3 is 2.75 bits per heavy atom. The van der Waals surface area contributed by atoms with Gasteiger partial charge in [0.25, 0.3) is 5.91 Å². The normalized spacial score (nSPS) is 21.6. The van der Waals surface area contributed by atoms with Gasteiger partial charge in [0.15, 0.2) is 0 Å². The van der Waals surface area contributed by atoms with E-state index in [0.29, 0.717) is 13.2 Å². The van der Waals surface area contributed by atoms with Crippen molar-refractivity contribution in [2.45, 2.75) is 25.9 Å². The van der Waals surface area contributed by atoms with E-state index in [0.717, 1.165) is 12.8 Å². The molecule has 0 aromatic carbocycles. The SMILES string of the molecule is COC(=O)C(C)CN(C)C(=O)[C@H]1CCCO1. The van der Waals surface area contributed by atoms with Crippen LogP contribution in [0.2, 0.25) is 0 Å². The highest BCUT2D eigenvalue weighted by atomic mass is 16.5. The summed E-state index contributed by atoms with van der Waals surface area (Å²) in [6, 6.07) is 0. The summed E-state index contributed by atoms with van der Waals surface area (Å²) in [6.45, 7) is 2.76. The fourth-order valence-corrected chi connectivity index (χ4v) is 1.79. The monoisotopic (exact) mass is 229 g/mol. The lowest BCUT2D eigenvalue weighted by molar-refractivity contribution is -0.147. The fourth-order valence-electron chi connectivity index (χ4n) is 1.79. The van der Waals surface area contributed by atoms with E-state index in [1.807, 2.05) is 0 Å². The highest BCUT2D eigenvalue weighted by molar-refractivity contribution is 5.81. The largest absolute Gasteiger partial charge is 0.469 e. The zero-order chi connectivity index (χ0) is 12.1. The maximum Gasteiger partial charge on any atom is 0.310 e. The molecule has 1 heterocycles. The number of ether oxygens (including phenoxy) is 2. The summed E-state index contributed by atoms with van der Waals surface area (Å²) in [7, 11) is 3.03. The van der Waals surface area contributed by atoms with Gasteiger partial charge >= 0.3 is 5.97 Å². The van der Waals surface area contributed by atoms with Crippen LogP contribution in [0.1, 0.15) is 19.8 Å². The molecule has 1 unspecified atom stereocenters. The van der Waals surface area contributed by atoms with E-state index in [1.54, 1.807) is 14.0 Å². The van der Waals surface area contributed by atoms with E-state index in [9.17, 15) is 9.59 Å². The number of likely N-dealkylation sites (N-methyl/N-ethyl adjacent to an activating group) is 1. The molecule has 5 heteroatoms. The van der Waals surface area contributed by atoms with E-state index < -0.39 is 0 Å². The molecule has 1 rings (SSSR count). The van der Waals surface area contributed by atoms with Crippen molar-refractivity contribution >= 4 is 11.9 Å². The molecule has 1 aliphatic heterocycles. The molecule has 92 valence electrons. The Morgan fingerprint density at radius 1 is 1.56 bits per heavy atom. The minimum Gasteiger partial charge on any atom is -0.469 e. The third-order valence-corrected chi connectivity index (χ3v) is 2.73. The standard InChI is InChI=1S/C11H19NO4/c1-8(11(14)15-3)7-12(2)10(13)9-5-4-6-16-9/h8-9H,4-7H2,1-3H3/t8?,9-/m1/s1. The van der Waals surface area contributed by atoms with Gasteiger partial charge in [-0.25, -0.2) is 0 Å². The highest BCUT2D eigenvalue weighted by Gasteiger charge is 2.28. The summed E-state index contributed by atoms with van der Waals surface area (Å²) in [5.41, 5.74) is 0. The third-order valence-electron chi connectivity index (χ3n) is 2.73. The Morgan fingerprint density at radius 2 is 2.25 bits per heavy atom. The van der Waals surface area contributed by atoms with Gasteiger partial charge in [-0.15, -0.1) is 0 Å². The van der Waals surface area contributed by atoms with Crippen LogP contribution in [0.25, 0.3) is 0 Å². The van der Waals surface area contributed by atoms with Crippen molar-refractivity contribution in [1.29, 1.82) is 0 Å². The number of esters is 1. The summed E-state index contributed by atoms with van der Waals surface area (Å²) in [6.07, 6.45) is 1.38. The Balaban J connectivity index is 2.41. The average molecular weight is 229 g/mol. The fraction of sp³-hybridized carbons (Fsp3) is 0.818. The van der Waals surface area contributed by atoms with Crippen LogP contribution in [0.3, 0.4) is 0 Å². The van der Waals surface area contributed by atoms with Gasteiger partial charge in [0, 0.05) is 20.2 Å². The number of carbonyl (C=O) groups excluding carboxylic acids is 2. The Bertz CT molecular complexity index is 261. The molecule has 0 aromatic rings. The van der Waals surface area contributed by atoms with Crippen molar-refractivity contribution < 1.29 is 19.1 Å². The summed E-state index contributed by atoms with van der Waals surface area (Å²) < 4.78 is 9.91. The minimum absolute atomic E-state index is 0.0479. The van der Waals surface area contributed by atoms with E-state index in [2.05, 4.69) is 4.74 Å². The van der Waals surface area contributed by atoms with Crippen LogP contribution in [0.4, 0.5) is 0 Å². The van der Waals surface area contributed by atoms with Crippen molar-refractivity contribution in [2.24, 2.45) is 5.92 Å². The number of rotatable bonds is 4. The van der Waals surface area contributed by atoms with Gasteiger partial charge in [0.2, 0.25) is 0 Å². The number of nitrogens with zero attached hydrogens (tertiary/aromatic N) is 1. The van der Waals surface area contributed by atoms with Gasteiger partial charge in [-0.2, -0.15) is 0 Å². The van der Waals surface area contributed by atoms with Crippen molar-refractivity contribution in [1.82, 2.24) is 4.90 Å². The minimum atomic E-state index is -0.324. The average Bonchev–Trinajstić information content (AvgIpc) is 2.79. The number of amides is 1. The topological polar surface area (TPSA) is 55.8 Å². The molecule has 16 heavy (non-hydrogen) atoms. The van der Waals surface area contributed by atoms with Gasteiger partial charge in [0.1, 0.15) is 6.10 Å². The molecular formula is C11H19NO4. The zero-order valence-corrected chi connectivity index (χ0v) is 10.1. The van der Waals surface area contributed by atoms with E-state index in [4.69, 9.17) is 4.74 Å². The van der Waals surface area contributed by atoms with Crippen LogP contribution in [0.5, 0.6) is 0 Å². The molecule has 5 nitrogen and oxygen atoms in total. The summed E-state index contributed by atoms with van der Waals surface area (Å²) in [5, 5.41) is 0. The molecule has 0 radical (unpaired) electrons. The smallest absolute Gasteiger partial charge is 0.310 e. The zero-order valence-electron chi connectivity index (χ0n) is 10.1. The van der Waals surface area contributed by atoms with Crippen molar-refractivity contribution in [3.63, 3.8) is 0 Å². The first-order valence-electron chi connectivity index (χ1n) is 5.50. The second-order valence-electron chi connectivity index (χ2n) is 4.14. The summed E-state index contributed by atoms with van der Waals surface area (Å²) >= 11 is 0. The number of carbonyl (C=O) groups is 2. The van der Waals surface area contributed by atoms with Crippen molar-refractivity contribution in [3.8, 4) is 0 Å². The van der Waals surface area contributed by atoms with Crippen LogP contribution >= 0.6 is 0 Å². The summed E-state index contributed by atoms with van der Waals surface area (Å²) in [5.74, 6) is -0.652. The molecule has 1 fully saturated rings. The van der Waals surface area contributed by atoms with Crippen LogP contribution in [0, 0.1) is 5.92 Å².